The molecule has 0 aliphatic carbocycles. The fourth-order valence-corrected chi connectivity index (χ4v) is 3.56. The van der Waals surface area contributed by atoms with Crippen molar-refractivity contribution in [1.82, 2.24) is 10.7 Å². The van der Waals surface area contributed by atoms with Crippen molar-refractivity contribution < 1.29 is 14.7 Å². The zero-order valence-corrected chi connectivity index (χ0v) is 13.2. The third-order valence-electron chi connectivity index (χ3n) is 2.30. The second-order valence-electron chi connectivity index (χ2n) is 3.79. The molecule has 0 unspecified atom stereocenters. The molecule has 1 atom stereocenters. The molecule has 0 spiro atoms. The van der Waals surface area contributed by atoms with E-state index in [1.807, 2.05) is 12.1 Å². The molecule has 1 aliphatic rings. The minimum absolute atomic E-state index is 0.120. The van der Waals surface area contributed by atoms with E-state index in [1.165, 1.54) is 11.3 Å². The van der Waals surface area contributed by atoms with Gasteiger partial charge in [-0.05, 0) is 28.1 Å². The van der Waals surface area contributed by atoms with Crippen molar-refractivity contribution in [3.05, 3.63) is 27.4 Å². The van der Waals surface area contributed by atoms with Gasteiger partial charge in [0.25, 0.3) is 0 Å². The number of carbonyl (C=O) groups excluding carboxylic acids is 2. The topological polar surface area (TPSA) is 93.6 Å². The molecule has 9 heteroatoms. The third-order valence-corrected chi connectivity index (χ3v) is 5.04. The van der Waals surface area contributed by atoms with E-state index < -0.39 is 17.1 Å². The van der Waals surface area contributed by atoms with Crippen LogP contribution in [0.15, 0.2) is 27.6 Å². The molecular weight excluding hydrogens is 366 g/mol. The van der Waals surface area contributed by atoms with E-state index in [0.29, 0.717) is 5.70 Å². The molecule has 106 valence electrons. The molecule has 1 aromatic rings. The molecular formula is C11H9BrN3O3S2-. The predicted molar refractivity (Wildman–Crippen MR) is 80.8 cm³/mol. The van der Waals surface area contributed by atoms with E-state index in [0.717, 1.165) is 20.4 Å². The van der Waals surface area contributed by atoms with Gasteiger partial charge in [-0.1, -0.05) is 18.3 Å². The van der Waals surface area contributed by atoms with Crippen LogP contribution >= 0.6 is 39.0 Å². The molecule has 1 fully saturated rings. The van der Waals surface area contributed by atoms with Crippen LogP contribution in [0.4, 0.5) is 0 Å². The number of thiophene rings is 1. The lowest BCUT2D eigenvalue weighted by atomic mass is 10.3. The zero-order chi connectivity index (χ0) is 14.7. The standard InChI is InChI=1S/C11H10BrN3O3S2/c1-5(6-2-3-8(12)19-6)14-15-11-13-9(16)4-7(20-11)10(17)18/h2-3,7,14H,1,4H2,(H,17,18)(H,13,15,16)/p-1/t7-/m1/s1. The van der Waals surface area contributed by atoms with E-state index in [4.69, 9.17) is 0 Å². The highest BCUT2D eigenvalue weighted by molar-refractivity contribution is 9.11. The van der Waals surface area contributed by atoms with Gasteiger partial charge >= 0.3 is 0 Å². The highest BCUT2D eigenvalue weighted by Gasteiger charge is 2.25. The van der Waals surface area contributed by atoms with Crippen molar-refractivity contribution in [3.63, 3.8) is 0 Å². The summed E-state index contributed by atoms with van der Waals surface area (Å²) in [6.07, 6.45) is -0.120. The van der Waals surface area contributed by atoms with Gasteiger partial charge in [0.15, 0.2) is 5.17 Å². The number of carbonyl (C=O) groups is 2. The predicted octanol–water partition coefficient (Wildman–Crippen LogP) is 0.714. The van der Waals surface area contributed by atoms with E-state index in [9.17, 15) is 14.7 Å². The summed E-state index contributed by atoms with van der Waals surface area (Å²) in [5, 5.41) is 16.5. The lowest BCUT2D eigenvalue weighted by Gasteiger charge is -2.23. The molecule has 1 amide bonds. The Bertz CT molecular complexity index is 599. The highest BCUT2D eigenvalue weighted by atomic mass is 79.9. The summed E-state index contributed by atoms with van der Waals surface area (Å²) in [6.45, 7) is 3.82. The molecule has 0 saturated carbocycles. The van der Waals surface area contributed by atoms with Gasteiger partial charge < -0.3 is 15.2 Å². The SMILES string of the molecule is C=C(N/N=C1\NC(=O)C[C@H](C(=O)[O-])S1)c1ccc(Br)s1. The summed E-state index contributed by atoms with van der Waals surface area (Å²) in [5.74, 6) is -1.68. The molecule has 0 bridgehead atoms. The first-order valence-corrected chi connectivity index (χ1v) is 7.90. The maximum atomic E-state index is 11.4. The van der Waals surface area contributed by atoms with Gasteiger partial charge in [-0.2, -0.15) is 0 Å². The summed E-state index contributed by atoms with van der Waals surface area (Å²) >= 11 is 5.75. The summed E-state index contributed by atoms with van der Waals surface area (Å²) in [6, 6.07) is 3.74. The largest absolute Gasteiger partial charge is 0.549 e. The molecule has 1 aromatic heterocycles. The minimum atomic E-state index is -1.28. The van der Waals surface area contributed by atoms with E-state index in [1.54, 1.807) is 0 Å². The summed E-state index contributed by atoms with van der Waals surface area (Å²) in [4.78, 5) is 23.0. The van der Waals surface area contributed by atoms with E-state index in [-0.39, 0.29) is 11.6 Å². The average molecular weight is 375 g/mol. The van der Waals surface area contributed by atoms with Crippen LogP contribution < -0.4 is 15.8 Å². The van der Waals surface area contributed by atoms with Gasteiger partial charge in [0.1, 0.15) is 0 Å². The molecule has 0 radical (unpaired) electrons. The maximum absolute atomic E-state index is 11.4. The smallest absolute Gasteiger partial charge is 0.227 e. The number of hydrogen-bond acceptors (Lipinski definition) is 7. The number of hydrazone groups is 1. The van der Waals surface area contributed by atoms with Gasteiger partial charge in [-0.15, -0.1) is 16.4 Å². The van der Waals surface area contributed by atoms with Crippen LogP contribution in [0.3, 0.4) is 0 Å². The van der Waals surface area contributed by atoms with Crippen LogP contribution in [0.1, 0.15) is 11.3 Å². The lowest BCUT2D eigenvalue weighted by Crippen LogP contribution is -2.45. The van der Waals surface area contributed by atoms with Gasteiger partial charge in [0.05, 0.1) is 25.6 Å². The fraction of sp³-hybridized carbons (Fsp3) is 0.182. The van der Waals surface area contributed by atoms with Crippen LogP contribution in [-0.4, -0.2) is 22.3 Å². The second-order valence-corrected chi connectivity index (χ2v) is 7.44. The first-order valence-electron chi connectivity index (χ1n) is 5.41. The zero-order valence-electron chi connectivity index (χ0n) is 10.0. The fourth-order valence-electron chi connectivity index (χ4n) is 1.38. The van der Waals surface area contributed by atoms with Crippen LogP contribution in [0, 0.1) is 0 Å². The number of carboxylic acids is 1. The van der Waals surface area contributed by atoms with Crippen LogP contribution in [0.5, 0.6) is 0 Å². The van der Waals surface area contributed by atoms with Crippen molar-refractivity contribution in [2.24, 2.45) is 5.10 Å². The number of amidine groups is 1. The normalized spacial score (nSPS) is 20.6. The number of thioether (sulfide) groups is 1. The summed E-state index contributed by atoms with van der Waals surface area (Å²) < 4.78 is 0.959. The first-order chi connectivity index (χ1) is 9.45. The second kappa shape index (κ2) is 6.42. The molecule has 20 heavy (non-hydrogen) atoms. The van der Waals surface area contributed by atoms with E-state index in [2.05, 4.69) is 38.4 Å². The van der Waals surface area contributed by atoms with Crippen molar-refractivity contribution in [1.29, 1.82) is 0 Å². The van der Waals surface area contributed by atoms with Crippen LogP contribution in [0.2, 0.25) is 0 Å². The molecule has 1 saturated heterocycles. The number of rotatable bonds is 4. The number of hydrogen-bond donors (Lipinski definition) is 2. The maximum Gasteiger partial charge on any atom is 0.227 e. The Labute approximate surface area is 131 Å². The summed E-state index contributed by atoms with van der Waals surface area (Å²) in [7, 11) is 0. The lowest BCUT2D eigenvalue weighted by molar-refractivity contribution is -0.304. The van der Waals surface area contributed by atoms with Crippen molar-refractivity contribution in [2.45, 2.75) is 11.7 Å². The molecule has 2 N–H and O–H groups in total. The molecule has 2 heterocycles. The Morgan fingerprint density at radius 1 is 1.60 bits per heavy atom. The Morgan fingerprint density at radius 2 is 2.35 bits per heavy atom. The van der Waals surface area contributed by atoms with Crippen molar-refractivity contribution in [2.75, 3.05) is 0 Å². The van der Waals surface area contributed by atoms with Gasteiger partial charge in [-0.3, -0.25) is 10.2 Å². The van der Waals surface area contributed by atoms with Crippen LogP contribution in [-0.2, 0) is 9.59 Å². The molecule has 0 aromatic carbocycles. The molecule has 1 aliphatic heterocycles. The van der Waals surface area contributed by atoms with Gasteiger partial charge in [-0.25, -0.2) is 0 Å². The first kappa shape index (κ1) is 15.1. The number of halogens is 1. The van der Waals surface area contributed by atoms with Crippen molar-refractivity contribution in [3.8, 4) is 0 Å². The van der Waals surface area contributed by atoms with Gasteiger partial charge in [0, 0.05) is 6.42 Å². The Balaban J connectivity index is 2.01. The minimum Gasteiger partial charge on any atom is -0.549 e. The quantitative estimate of drug-likeness (QED) is 0.757. The monoisotopic (exact) mass is 374 g/mol. The highest BCUT2D eigenvalue weighted by Crippen LogP contribution is 2.26. The number of aliphatic carboxylic acids is 1. The number of amides is 1. The van der Waals surface area contributed by atoms with Crippen molar-refractivity contribution >= 4 is 61.8 Å². The number of nitrogens with zero attached hydrogens (tertiary/aromatic N) is 1. The van der Waals surface area contributed by atoms with E-state index >= 15 is 0 Å². The average Bonchev–Trinajstić information content (AvgIpc) is 2.82. The Kier molecular flexibility index (Phi) is 4.84. The molecule has 2 rings (SSSR count). The summed E-state index contributed by atoms with van der Waals surface area (Å²) in [5.41, 5.74) is 3.25. The third kappa shape index (κ3) is 3.84. The number of nitrogens with one attached hydrogen (secondary N) is 2. The number of carboxylic acid groups (broad SMARTS) is 1. The van der Waals surface area contributed by atoms with Crippen LogP contribution in [0.25, 0.3) is 5.70 Å². The Hall–Kier alpha value is -1.32. The molecule has 6 nitrogen and oxygen atoms in total. The van der Waals surface area contributed by atoms with Gasteiger partial charge in [0.2, 0.25) is 5.91 Å². The Morgan fingerprint density at radius 3 is 2.95 bits per heavy atom.